The highest BCUT2D eigenvalue weighted by molar-refractivity contribution is 7.99. The maximum absolute atomic E-state index is 10.8. The lowest BCUT2D eigenvalue weighted by molar-refractivity contribution is -0.388. The first-order chi connectivity index (χ1) is 8.16. The molecule has 0 saturated heterocycles. The number of halogens is 1. The van der Waals surface area contributed by atoms with Gasteiger partial charge < -0.3 is 0 Å². The lowest BCUT2D eigenvalue weighted by atomic mass is 10.1. The van der Waals surface area contributed by atoms with Crippen molar-refractivity contribution in [2.24, 2.45) is 5.92 Å². The molecule has 0 bridgehead atoms. The van der Waals surface area contributed by atoms with Crippen molar-refractivity contribution < 1.29 is 4.92 Å². The molecule has 0 unspecified atom stereocenters. The molecule has 1 aliphatic rings. The van der Waals surface area contributed by atoms with Crippen LogP contribution in [0.5, 0.6) is 0 Å². The van der Waals surface area contributed by atoms with Gasteiger partial charge in [0.2, 0.25) is 5.28 Å². The molecule has 1 saturated carbocycles. The fraction of sp³-hybridized carbons (Fsp3) is 0.600. The van der Waals surface area contributed by atoms with Gasteiger partial charge in [-0.05, 0) is 30.4 Å². The third-order valence-electron chi connectivity index (χ3n) is 2.83. The van der Waals surface area contributed by atoms with Crippen molar-refractivity contribution >= 4 is 29.1 Å². The first kappa shape index (κ1) is 12.6. The van der Waals surface area contributed by atoms with E-state index in [1.54, 1.807) is 0 Å². The van der Waals surface area contributed by atoms with Crippen LogP contribution in [0.4, 0.5) is 5.69 Å². The Labute approximate surface area is 108 Å². The van der Waals surface area contributed by atoms with Crippen molar-refractivity contribution in [1.82, 2.24) is 9.97 Å². The summed E-state index contributed by atoms with van der Waals surface area (Å²) in [7, 11) is 0. The molecular formula is C10H12ClN3O2S. The third-order valence-corrected chi connectivity index (χ3v) is 4.23. The van der Waals surface area contributed by atoms with Crippen molar-refractivity contribution in [3.05, 3.63) is 21.6 Å². The second-order valence-electron chi connectivity index (χ2n) is 4.05. The highest BCUT2D eigenvalue weighted by Crippen LogP contribution is 2.33. The number of hydrogen-bond acceptors (Lipinski definition) is 5. The SMILES string of the molecule is O=[N+]([O-])c1cnc(Cl)nc1SCC1CCCC1. The molecule has 0 spiro atoms. The Balaban J connectivity index is 2.07. The zero-order chi connectivity index (χ0) is 12.3. The minimum absolute atomic E-state index is 0.0580. The number of nitro groups is 1. The van der Waals surface area contributed by atoms with Gasteiger partial charge in [0, 0.05) is 5.75 Å². The molecule has 0 N–H and O–H groups in total. The summed E-state index contributed by atoms with van der Waals surface area (Å²) in [5, 5.41) is 11.2. The highest BCUT2D eigenvalue weighted by Gasteiger charge is 2.21. The Morgan fingerprint density at radius 2 is 2.24 bits per heavy atom. The Morgan fingerprint density at radius 3 is 2.88 bits per heavy atom. The van der Waals surface area contributed by atoms with Gasteiger partial charge in [-0.25, -0.2) is 9.97 Å². The largest absolute Gasteiger partial charge is 0.319 e. The molecule has 1 fully saturated rings. The van der Waals surface area contributed by atoms with E-state index >= 15 is 0 Å². The second kappa shape index (κ2) is 5.64. The van der Waals surface area contributed by atoms with Crippen LogP contribution < -0.4 is 0 Å². The fourth-order valence-corrected chi connectivity index (χ4v) is 3.28. The van der Waals surface area contributed by atoms with Crippen LogP contribution in [-0.4, -0.2) is 20.6 Å². The topological polar surface area (TPSA) is 68.9 Å². The van der Waals surface area contributed by atoms with Gasteiger partial charge >= 0.3 is 5.69 Å². The van der Waals surface area contributed by atoms with Crippen molar-refractivity contribution in [3.8, 4) is 0 Å². The first-order valence-electron chi connectivity index (χ1n) is 5.46. The molecule has 17 heavy (non-hydrogen) atoms. The molecule has 1 heterocycles. The Bertz CT molecular complexity index is 424. The van der Waals surface area contributed by atoms with E-state index in [0.29, 0.717) is 10.9 Å². The van der Waals surface area contributed by atoms with Gasteiger partial charge in [-0.1, -0.05) is 24.6 Å². The van der Waals surface area contributed by atoms with Gasteiger partial charge in [0.05, 0.1) is 4.92 Å². The summed E-state index contributed by atoms with van der Waals surface area (Å²) in [6.45, 7) is 0. The lowest BCUT2D eigenvalue weighted by Crippen LogP contribution is -2.00. The van der Waals surface area contributed by atoms with E-state index in [1.165, 1.54) is 43.6 Å². The van der Waals surface area contributed by atoms with Crippen LogP contribution in [-0.2, 0) is 0 Å². The summed E-state index contributed by atoms with van der Waals surface area (Å²) in [6.07, 6.45) is 6.11. The molecule has 7 heteroatoms. The van der Waals surface area contributed by atoms with Crippen LogP contribution in [0, 0.1) is 16.0 Å². The normalized spacial score (nSPS) is 16.3. The summed E-state index contributed by atoms with van der Waals surface area (Å²) in [6, 6.07) is 0. The van der Waals surface area contributed by atoms with Crippen LogP contribution >= 0.6 is 23.4 Å². The van der Waals surface area contributed by atoms with Crippen LogP contribution in [0.25, 0.3) is 0 Å². The average Bonchev–Trinajstić information content (AvgIpc) is 2.78. The van der Waals surface area contributed by atoms with E-state index in [2.05, 4.69) is 9.97 Å². The van der Waals surface area contributed by atoms with Crippen molar-refractivity contribution in [2.75, 3.05) is 5.75 Å². The number of nitrogens with zero attached hydrogens (tertiary/aromatic N) is 3. The Morgan fingerprint density at radius 1 is 1.53 bits per heavy atom. The molecular weight excluding hydrogens is 262 g/mol. The number of rotatable bonds is 4. The smallest absolute Gasteiger partial charge is 0.258 e. The van der Waals surface area contributed by atoms with Crippen LogP contribution in [0.1, 0.15) is 25.7 Å². The van der Waals surface area contributed by atoms with Crippen LogP contribution in [0.2, 0.25) is 5.28 Å². The Hall–Kier alpha value is -0.880. The highest BCUT2D eigenvalue weighted by atomic mass is 35.5. The predicted molar refractivity (Wildman–Crippen MR) is 66.4 cm³/mol. The predicted octanol–water partition coefficient (Wildman–Crippen LogP) is 3.32. The molecule has 5 nitrogen and oxygen atoms in total. The molecule has 1 aliphatic carbocycles. The maximum atomic E-state index is 10.8. The molecule has 92 valence electrons. The molecule has 0 atom stereocenters. The van der Waals surface area contributed by atoms with E-state index in [1.807, 2.05) is 0 Å². The molecule has 0 aromatic carbocycles. The third kappa shape index (κ3) is 3.29. The lowest BCUT2D eigenvalue weighted by Gasteiger charge is -2.07. The molecule has 1 aromatic rings. The first-order valence-corrected chi connectivity index (χ1v) is 6.83. The van der Waals surface area contributed by atoms with E-state index in [0.717, 1.165) is 5.75 Å². The van der Waals surface area contributed by atoms with Gasteiger partial charge in [0.1, 0.15) is 6.20 Å². The molecule has 1 aromatic heterocycles. The monoisotopic (exact) mass is 273 g/mol. The minimum Gasteiger partial charge on any atom is -0.258 e. The quantitative estimate of drug-likeness (QED) is 0.277. The Kier molecular flexibility index (Phi) is 4.17. The van der Waals surface area contributed by atoms with E-state index in [-0.39, 0.29) is 11.0 Å². The summed E-state index contributed by atoms with van der Waals surface area (Å²) in [5.74, 6) is 1.52. The van der Waals surface area contributed by atoms with E-state index < -0.39 is 4.92 Å². The molecule has 2 rings (SSSR count). The number of aromatic nitrogens is 2. The number of hydrogen-bond donors (Lipinski definition) is 0. The van der Waals surface area contributed by atoms with Crippen LogP contribution in [0.15, 0.2) is 11.2 Å². The summed E-state index contributed by atoms with van der Waals surface area (Å²) >= 11 is 7.07. The van der Waals surface area contributed by atoms with E-state index in [4.69, 9.17) is 11.6 Å². The van der Waals surface area contributed by atoms with Crippen molar-refractivity contribution in [2.45, 2.75) is 30.7 Å². The van der Waals surface area contributed by atoms with Gasteiger partial charge in [-0.15, -0.1) is 0 Å². The second-order valence-corrected chi connectivity index (χ2v) is 5.39. The van der Waals surface area contributed by atoms with E-state index in [9.17, 15) is 10.1 Å². The molecule has 0 amide bonds. The van der Waals surface area contributed by atoms with Gasteiger partial charge in [-0.3, -0.25) is 10.1 Å². The van der Waals surface area contributed by atoms with Crippen molar-refractivity contribution in [3.63, 3.8) is 0 Å². The molecule has 0 aliphatic heterocycles. The van der Waals surface area contributed by atoms with Gasteiger partial charge in [0.15, 0.2) is 5.03 Å². The average molecular weight is 274 g/mol. The fourth-order valence-electron chi connectivity index (χ4n) is 1.94. The zero-order valence-electron chi connectivity index (χ0n) is 9.13. The minimum atomic E-state index is -0.465. The standard InChI is InChI=1S/C10H12ClN3O2S/c11-10-12-5-8(14(15)16)9(13-10)17-6-7-3-1-2-4-7/h5,7H,1-4,6H2. The molecule has 0 radical (unpaired) electrons. The summed E-state index contributed by atoms with van der Waals surface area (Å²) in [5.41, 5.74) is -0.0580. The van der Waals surface area contributed by atoms with Gasteiger partial charge in [-0.2, -0.15) is 0 Å². The number of thioether (sulfide) groups is 1. The maximum Gasteiger partial charge on any atom is 0.319 e. The van der Waals surface area contributed by atoms with Gasteiger partial charge in [0.25, 0.3) is 0 Å². The summed E-state index contributed by atoms with van der Waals surface area (Å²) in [4.78, 5) is 17.9. The van der Waals surface area contributed by atoms with Crippen molar-refractivity contribution in [1.29, 1.82) is 0 Å². The zero-order valence-corrected chi connectivity index (χ0v) is 10.7. The van der Waals surface area contributed by atoms with Crippen LogP contribution in [0.3, 0.4) is 0 Å². The summed E-state index contributed by atoms with van der Waals surface area (Å²) < 4.78 is 0.